The monoisotopic (exact) mass is 359 g/mol. The van der Waals surface area contributed by atoms with E-state index in [2.05, 4.69) is 4.98 Å². The average Bonchev–Trinajstić information content (AvgIpc) is 2.64. The van der Waals surface area contributed by atoms with Crippen LogP contribution >= 0.6 is 0 Å². The molecule has 0 bridgehead atoms. The van der Waals surface area contributed by atoms with Gasteiger partial charge in [-0.1, -0.05) is 19.9 Å². The van der Waals surface area contributed by atoms with Crippen molar-refractivity contribution in [2.75, 3.05) is 6.56 Å². The van der Waals surface area contributed by atoms with Crippen LogP contribution in [0.15, 0.2) is 32.2 Å². The second-order valence-electron chi connectivity index (χ2n) is 6.35. The number of H-pyrrole nitrogens is 1. The van der Waals surface area contributed by atoms with Crippen LogP contribution in [0.4, 0.5) is 0 Å². The highest BCUT2D eigenvalue weighted by Crippen LogP contribution is 2.25. The Morgan fingerprint density at radius 2 is 2.04 bits per heavy atom. The van der Waals surface area contributed by atoms with Gasteiger partial charge in [0.05, 0.1) is 14.8 Å². The van der Waals surface area contributed by atoms with E-state index in [1.165, 1.54) is 13.8 Å². The van der Waals surface area contributed by atoms with E-state index < -0.39 is 41.6 Å². The summed E-state index contributed by atoms with van der Waals surface area (Å²) in [4.78, 5) is 40.2. The molecule has 0 aliphatic carbocycles. The van der Waals surface area contributed by atoms with E-state index in [1.54, 1.807) is 19.1 Å². The van der Waals surface area contributed by atoms with E-state index in [-0.39, 0.29) is 11.0 Å². The normalized spacial score (nSPS) is 14.8. The number of fused-ring (bicyclic) bond motifs is 3. The van der Waals surface area contributed by atoms with Gasteiger partial charge >= 0.3 is 5.97 Å². The van der Waals surface area contributed by atoms with Crippen LogP contribution in [-0.2, 0) is 4.74 Å². The van der Waals surface area contributed by atoms with Gasteiger partial charge < -0.3 is 14.1 Å². The minimum Gasteiger partial charge on any atom is -0.460 e. The van der Waals surface area contributed by atoms with Crippen LogP contribution in [0.3, 0.4) is 0 Å². The van der Waals surface area contributed by atoms with Crippen molar-refractivity contribution in [3.63, 3.8) is 0 Å². The van der Waals surface area contributed by atoms with Crippen LogP contribution in [0.25, 0.3) is 21.9 Å². The fraction of sp³-hybridized carbons (Fsp3) is 0.350. The van der Waals surface area contributed by atoms with Gasteiger partial charge in [-0.05, 0) is 43.3 Å². The molecule has 2 aromatic heterocycles. The maximum atomic E-state index is 12.5. The zero-order valence-electron chi connectivity index (χ0n) is 18.9. The molecule has 6 heteroatoms. The van der Waals surface area contributed by atoms with Crippen molar-refractivity contribution in [3.8, 4) is 0 Å². The minimum absolute atomic E-state index is 0.122. The zero-order chi connectivity index (χ0) is 22.6. The van der Waals surface area contributed by atoms with Crippen molar-refractivity contribution >= 4 is 27.8 Å². The number of pyridine rings is 1. The first kappa shape index (κ1) is 13.3. The summed E-state index contributed by atoms with van der Waals surface area (Å²) in [7, 11) is 0. The molecule has 26 heavy (non-hydrogen) atoms. The summed E-state index contributed by atoms with van der Waals surface area (Å²) >= 11 is 0. The molecule has 0 aliphatic rings. The van der Waals surface area contributed by atoms with E-state index in [0.717, 1.165) is 17.2 Å². The van der Waals surface area contributed by atoms with E-state index in [4.69, 9.17) is 14.6 Å². The maximum Gasteiger partial charge on any atom is 0.374 e. The van der Waals surface area contributed by atoms with Crippen LogP contribution in [0.5, 0.6) is 0 Å². The molecule has 0 aliphatic heterocycles. The molecule has 2 heterocycles. The van der Waals surface area contributed by atoms with Crippen LogP contribution < -0.4 is 11.0 Å². The number of rotatable bonds is 4. The molecule has 0 saturated heterocycles. The second kappa shape index (κ2) is 6.78. The van der Waals surface area contributed by atoms with Gasteiger partial charge in [0.25, 0.3) is 5.56 Å². The molecular formula is C20H21NO5. The number of ether oxygens (including phenoxy) is 1. The molecule has 3 rings (SSSR count). The van der Waals surface area contributed by atoms with Gasteiger partial charge in [-0.2, -0.15) is 0 Å². The lowest BCUT2D eigenvalue weighted by atomic mass is 10.0. The third kappa shape index (κ3) is 3.14. The standard InChI is InChI=1S/C20H21NO5/c1-10(2)7-8-25-20(24)15-9-14(22)16-18(26-15)13-6-5-11(3)12(4)17(13)21-19(16)23/h5-6,9-10H,7-8H2,1-4H3,(H,21,23)/i7D2,8D2. The summed E-state index contributed by atoms with van der Waals surface area (Å²) in [6.07, 6.45) is -2.49. The summed E-state index contributed by atoms with van der Waals surface area (Å²) in [5.41, 5.74) is 0.530. The molecule has 1 aromatic carbocycles. The molecule has 136 valence electrons. The smallest absolute Gasteiger partial charge is 0.374 e. The van der Waals surface area contributed by atoms with Gasteiger partial charge in [0.1, 0.15) is 5.39 Å². The first-order chi connectivity index (χ1) is 13.8. The number of carbonyl (C=O) groups excluding carboxylic acids is 1. The third-order valence-corrected chi connectivity index (χ3v) is 4.09. The number of nitrogens with one attached hydrogen (secondary N) is 1. The predicted molar refractivity (Wildman–Crippen MR) is 99.8 cm³/mol. The van der Waals surface area contributed by atoms with Crippen LogP contribution in [0, 0.1) is 19.8 Å². The Kier molecular flexibility index (Phi) is 3.48. The highest BCUT2D eigenvalue weighted by molar-refractivity contribution is 6.03. The van der Waals surface area contributed by atoms with E-state index in [0.29, 0.717) is 10.9 Å². The summed E-state index contributed by atoms with van der Waals surface area (Å²) < 4.78 is 41.7. The molecule has 0 spiro atoms. The Morgan fingerprint density at radius 1 is 1.31 bits per heavy atom. The quantitative estimate of drug-likeness (QED) is 0.569. The number of benzene rings is 1. The molecule has 1 N–H and O–H groups in total. The average molecular weight is 359 g/mol. The Bertz CT molecular complexity index is 1290. The Balaban J connectivity index is 2.20. The lowest BCUT2D eigenvalue weighted by Gasteiger charge is -2.09. The fourth-order valence-corrected chi connectivity index (χ4v) is 2.58. The van der Waals surface area contributed by atoms with Crippen LogP contribution in [-0.4, -0.2) is 17.5 Å². The molecule has 0 unspecified atom stereocenters. The predicted octanol–water partition coefficient (Wildman–Crippen LogP) is 3.45. The minimum atomic E-state index is -2.98. The fourth-order valence-electron chi connectivity index (χ4n) is 2.58. The van der Waals surface area contributed by atoms with Gasteiger partial charge in [0.2, 0.25) is 5.76 Å². The van der Waals surface area contributed by atoms with Gasteiger partial charge in [-0.15, -0.1) is 0 Å². The van der Waals surface area contributed by atoms with E-state index >= 15 is 0 Å². The molecule has 6 nitrogen and oxygen atoms in total. The number of hydrogen-bond acceptors (Lipinski definition) is 5. The van der Waals surface area contributed by atoms with Gasteiger partial charge in [0, 0.05) is 14.2 Å². The number of carbonyl (C=O) groups is 1. The zero-order valence-corrected chi connectivity index (χ0v) is 14.9. The van der Waals surface area contributed by atoms with Crippen molar-refractivity contribution in [2.24, 2.45) is 5.92 Å². The molecule has 0 amide bonds. The molecular weight excluding hydrogens is 334 g/mol. The van der Waals surface area contributed by atoms with Crippen molar-refractivity contribution in [1.82, 2.24) is 4.98 Å². The van der Waals surface area contributed by atoms with Crippen molar-refractivity contribution in [2.45, 2.75) is 34.1 Å². The number of hydrogen-bond donors (Lipinski definition) is 1. The third-order valence-electron chi connectivity index (χ3n) is 4.09. The van der Waals surface area contributed by atoms with E-state index in [1.807, 2.05) is 6.92 Å². The van der Waals surface area contributed by atoms with Gasteiger partial charge in [0.15, 0.2) is 11.0 Å². The molecule has 3 aromatic rings. The number of esters is 1. The van der Waals surface area contributed by atoms with Crippen molar-refractivity contribution < 1.29 is 19.4 Å². The molecule has 0 saturated carbocycles. The molecule has 0 fully saturated rings. The first-order valence-corrected chi connectivity index (χ1v) is 8.11. The van der Waals surface area contributed by atoms with Gasteiger partial charge in [-0.3, -0.25) is 9.59 Å². The highest BCUT2D eigenvalue weighted by Gasteiger charge is 2.18. The molecule has 0 radical (unpaired) electrons. The Labute approximate surface area is 155 Å². The number of aryl methyl sites for hydroxylation is 2. The largest absolute Gasteiger partial charge is 0.460 e. The van der Waals surface area contributed by atoms with Crippen molar-refractivity contribution in [1.29, 1.82) is 0 Å². The topological polar surface area (TPSA) is 89.4 Å². The summed E-state index contributed by atoms with van der Waals surface area (Å²) in [5.74, 6) is -2.76. The number of aromatic amines is 1. The molecule has 0 atom stereocenters. The van der Waals surface area contributed by atoms with E-state index in [9.17, 15) is 14.4 Å². The maximum absolute atomic E-state index is 12.5. The van der Waals surface area contributed by atoms with Crippen LogP contribution in [0.2, 0.25) is 0 Å². The second-order valence-corrected chi connectivity index (χ2v) is 6.35. The summed E-state index contributed by atoms with van der Waals surface area (Å²) in [6, 6.07) is 4.16. The van der Waals surface area contributed by atoms with Crippen LogP contribution in [0.1, 0.15) is 47.4 Å². The SMILES string of the molecule is [2H]C([2H])(OC(=O)c1cc(=O)c2c(=O)[nH]c3c(C)c(C)ccc3c2o1)C([2H])([2H])C(C)C. The lowest BCUT2D eigenvalue weighted by Crippen LogP contribution is -2.18. The Morgan fingerprint density at radius 3 is 2.73 bits per heavy atom. The first-order valence-electron chi connectivity index (χ1n) is 10.1. The van der Waals surface area contributed by atoms with Crippen molar-refractivity contribution in [3.05, 3.63) is 55.7 Å². The highest BCUT2D eigenvalue weighted by atomic mass is 16.5. The summed E-state index contributed by atoms with van der Waals surface area (Å²) in [5, 5.41) is 0.128. The van der Waals surface area contributed by atoms with Gasteiger partial charge in [-0.25, -0.2) is 4.79 Å². The lowest BCUT2D eigenvalue weighted by molar-refractivity contribution is 0.0452. The Hall–Kier alpha value is -2.89. The summed E-state index contributed by atoms with van der Waals surface area (Å²) in [6.45, 7) is 3.56. The number of aromatic nitrogens is 1.